The van der Waals surface area contributed by atoms with E-state index >= 15 is 0 Å². The third-order valence-electron chi connectivity index (χ3n) is 4.79. The zero-order valence-corrected chi connectivity index (χ0v) is 18.4. The van der Waals surface area contributed by atoms with Crippen molar-refractivity contribution < 1.29 is 8.42 Å². The van der Waals surface area contributed by atoms with E-state index in [0.29, 0.717) is 24.5 Å². The molecule has 1 aliphatic rings. The first-order valence-electron chi connectivity index (χ1n) is 9.37. The Hall–Kier alpha value is -1.25. The molecule has 2 N–H and O–H groups in total. The van der Waals surface area contributed by atoms with Crippen molar-refractivity contribution in [1.29, 1.82) is 0 Å². The summed E-state index contributed by atoms with van der Waals surface area (Å²) in [4.78, 5) is 4.61. The molecule has 0 atom stereocenters. The summed E-state index contributed by atoms with van der Waals surface area (Å²) in [7, 11) is -1.62. The average molecular weight is 413 g/mol. The van der Waals surface area contributed by atoms with Crippen LogP contribution in [-0.2, 0) is 16.6 Å². The molecular formula is C19H32N4O2S2. The van der Waals surface area contributed by atoms with E-state index in [1.54, 1.807) is 35.2 Å². The molecule has 6 nitrogen and oxygen atoms in total. The van der Waals surface area contributed by atoms with Crippen molar-refractivity contribution in [2.24, 2.45) is 4.99 Å². The summed E-state index contributed by atoms with van der Waals surface area (Å²) in [6.07, 6.45) is 5.10. The Kier molecular flexibility index (Phi) is 8.00. The van der Waals surface area contributed by atoms with Gasteiger partial charge >= 0.3 is 0 Å². The molecule has 152 valence electrons. The minimum absolute atomic E-state index is 0.127. The second-order valence-corrected chi connectivity index (χ2v) is 10.8. The number of rotatable bonds is 7. The van der Waals surface area contributed by atoms with Crippen LogP contribution in [-0.4, -0.2) is 56.4 Å². The Morgan fingerprint density at radius 2 is 1.78 bits per heavy atom. The standard InChI is InChI=1S/C19H32N4O2S2/c1-19(2,26-4)15-22-18(20-3)21-14-16-8-10-17(11-9-16)27(24,25)23-12-6-5-7-13-23/h8-11H,5-7,12-15H2,1-4H3,(H2,20,21,22). The van der Waals surface area contributed by atoms with Crippen LogP contribution in [0.5, 0.6) is 0 Å². The van der Waals surface area contributed by atoms with Crippen molar-refractivity contribution >= 4 is 27.7 Å². The summed E-state index contributed by atoms with van der Waals surface area (Å²) in [5.74, 6) is 0.738. The summed E-state index contributed by atoms with van der Waals surface area (Å²) in [6.45, 7) is 7.00. The average Bonchev–Trinajstić information content (AvgIpc) is 2.69. The third kappa shape index (κ3) is 6.40. The van der Waals surface area contributed by atoms with Crippen LogP contribution < -0.4 is 10.6 Å². The minimum atomic E-state index is -3.37. The first kappa shape index (κ1) is 22.0. The van der Waals surface area contributed by atoms with Crippen LogP contribution in [0.25, 0.3) is 0 Å². The van der Waals surface area contributed by atoms with Crippen molar-refractivity contribution in [2.75, 3.05) is 32.9 Å². The van der Waals surface area contributed by atoms with Gasteiger partial charge in [-0.1, -0.05) is 18.6 Å². The number of guanidine groups is 1. The molecule has 1 saturated heterocycles. The van der Waals surface area contributed by atoms with Gasteiger partial charge < -0.3 is 10.6 Å². The van der Waals surface area contributed by atoms with Crippen LogP contribution in [0.3, 0.4) is 0 Å². The number of hydrogen-bond donors (Lipinski definition) is 2. The zero-order chi connectivity index (χ0) is 19.9. The van der Waals surface area contributed by atoms with Crippen LogP contribution in [0, 0.1) is 0 Å². The Labute approximate surface area is 168 Å². The van der Waals surface area contributed by atoms with Crippen molar-refractivity contribution in [3.63, 3.8) is 0 Å². The van der Waals surface area contributed by atoms with Gasteiger partial charge in [0.25, 0.3) is 0 Å². The molecule has 1 heterocycles. The predicted octanol–water partition coefficient (Wildman–Crippen LogP) is 2.67. The zero-order valence-electron chi connectivity index (χ0n) is 16.8. The van der Waals surface area contributed by atoms with Gasteiger partial charge in [0.1, 0.15) is 0 Å². The highest BCUT2D eigenvalue weighted by Crippen LogP contribution is 2.21. The maximum absolute atomic E-state index is 12.7. The number of aliphatic imine (C=N–C) groups is 1. The second-order valence-electron chi connectivity index (χ2n) is 7.35. The molecule has 0 spiro atoms. The number of sulfonamides is 1. The molecule has 1 aliphatic heterocycles. The van der Waals surface area contributed by atoms with Crippen molar-refractivity contribution in [3.05, 3.63) is 29.8 Å². The lowest BCUT2D eigenvalue weighted by molar-refractivity contribution is 0.346. The quantitative estimate of drug-likeness (QED) is 0.532. The minimum Gasteiger partial charge on any atom is -0.355 e. The molecule has 2 rings (SSSR count). The van der Waals surface area contributed by atoms with Crippen molar-refractivity contribution in [3.8, 4) is 0 Å². The topological polar surface area (TPSA) is 73.8 Å². The van der Waals surface area contributed by atoms with Crippen LogP contribution in [0.2, 0.25) is 0 Å². The maximum Gasteiger partial charge on any atom is 0.243 e. The van der Waals surface area contributed by atoms with Gasteiger partial charge in [-0.2, -0.15) is 16.1 Å². The first-order valence-corrected chi connectivity index (χ1v) is 12.0. The van der Waals surface area contributed by atoms with E-state index in [2.05, 4.69) is 35.7 Å². The molecule has 8 heteroatoms. The molecule has 1 fully saturated rings. The van der Waals surface area contributed by atoms with Gasteiger partial charge in [-0.25, -0.2) is 8.42 Å². The van der Waals surface area contributed by atoms with E-state index in [0.717, 1.165) is 37.3 Å². The maximum atomic E-state index is 12.7. The lowest BCUT2D eigenvalue weighted by Gasteiger charge is -2.26. The predicted molar refractivity (Wildman–Crippen MR) is 115 cm³/mol. The number of benzene rings is 1. The van der Waals surface area contributed by atoms with E-state index in [4.69, 9.17) is 0 Å². The summed E-state index contributed by atoms with van der Waals surface area (Å²) in [6, 6.07) is 7.13. The molecule has 1 aromatic carbocycles. The van der Waals surface area contributed by atoms with Crippen LogP contribution in [0.4, 0.5) is 0 Å². The summed E-state index contributed by atoms with van der Waals surface area (Å²) < 4.78 is 27.1. The molecular weight excluding hydrogens is 380 g/mol. The second kappa shape index (κ2) is 9.80. The van der Waals surface area contributed by atoms with E-state index < -0.39 is 10.0 Å². The SMILES string of the molecule is CN=C(NCc1ccc(S(=O)(=O)N2CCCCC2)cc1)NCC(C)(C)SC. The van der Waals surface area contributed by atoms with Crippen LogP contribution in [0.1, 0.15) is 38.7 Å². The number of piperidine rings is 1. The number of nitrogens with zero attached hydrogens (tertiary/aromatic N) is 2. The fourth-order valence-electron chi connectivity index (χ4n) is 2.81. The molecule has 0 aromatic heterocycles. The lowest BCUT2D eigenvalue weighted by Crippen LogP contribution is -2.43. The van der Waals surface area contributed by atoms with E-state index in [9.17, 15) is 8.42 Å². The molecule has 0 aliphatic carbocycles. The number of nitrogens with one attached hydrogen (secondary N) is 2. The van der Waals surface area contributed by atoms with E-state index in [1.807, 2.05) is 12.1 Å². The fraction of sp³-hybridized carbons (Fsp3) is 0.632. The Balaban J connectivity index is 1.93. The van der Waals surface area contributed by atoms with Crippen LogP contribution in [0.15, 0.2) is 34.2 Å². The molecule has 0 radical (unpaired) electrons. The highest BCUT2D eigenvalue weighted by molar-refractivity contribution is 7.99. The first-order chi connectivity index (χ1) is 12.8. The van der Waals surface area contributed by atoms with Gasteiger partial charge in [0.15, 0.2) is 5.96 Å². The normalized spacial score (nSPS) is 17.0. The Bertz CT molecular complexity index is 725. The van der Waals surface area contributed by atoms with E-state index in [-0.39, 0.29) is 4.75 Å². The molecule has 0 saturated carbocycles. The van der Waals surface area contributed by atoms with Gasteiger partial charge in [-0.3, -0.25) is 4.99 Å². The summed E-state index contributed by atoms with van der Waals surface area (Å²) >= 11 is 1.80. The fourth-order valence-corrected chi connectivity index (χ4v) is 4.54. The molecule has 0 amide bonds. The molecule has 0 bridgehead atoms. The van der Waals surface area contributed by atoms with Gasteiger partial charge in [-0.05, 0) is 50.6 Å². The van der Waals surface area contributed by atoms with Gasteiger partial charge in [-0.15, -0.1) is 0 Å². The van der Waals surface area contributed by atoms with Crippen LogP contribution >= 0.6 is 11.8 Å². The highest BCUT2D eigenvalue weighted by Gasteiger charge is 2.25. The molecule has 1 aromatic rings. The third-order valence-corrected chi connectivity index (χ3v) is 7.96. The summed E-state index contributed by atoms with van der Waals surface area (Å²) in [5.41, 5.74) is 1.01. The largest absolute Gasteiger partial charge is 0.355 e. The molecule has 0 unspecified atom stereocenters. The Morgan fingerprint density at radius 3 is 2.33 bits per heavy atom. The van der Waals surface area contributed by atoms with Gasteiger partial charge in [0.2, 0.25) is 10.0 Å². The Morgan fingerprint density at radius 1 is 1.15 bits per heavy atom. The van der Waals surface area contributed by atoms with Gasteiger partial charge in [0.05, 0.1) is 4.90 Å². The van der Waals surface area contributed by atoms with E-state index in [1.165, 1.54) is 0 Å². The highest BCUT2D eigenvalue weighted by atomic mass is 32.2. The van der Waals surface area contributed by atoms with Crippen molar-refractivity contribution in [1.82, 2.24) is 14.9 Å². The van der Waals surface area contributed by atoms with Gasteiger partial charge in [0, 0.05) is 38.0 Å². The van der Waals surface area contributed by atoms with Crippen molar-refractivity contribution in [2.45, 2.75) is 49.3 Å². The number of hydrogen-bond acceptors (Lipinski definition) is 4. The lowest BCUT2D eigenvalue weighted by atomic mass is 10.2. The smallest absolute Gasteiger partial charge is 0.243 e. The summed E-state index contributed by atoms with van der Waals surface area (Å²) in [5, 5.41) is 6.60. The number of thioether (sulfide) groups is 1. The molecule has 27 heavy (non-hydrogen) atoms. The monoisotopic (exact) mass is 412 g/mol.